The molecule has 1 saturated carbocycles. The van der Waals surface area contributed by atoms with Crippen LogP contribution < -0.4 is 10.6 Å². The second-order valence-corrected chi connectivity index (χ2v) is 15.3. The topological polar surface area (TPSA) is 114 Å². The number of carbonyl (C=O) groups excluding carboxylic acids is 4. The lowest BCUT2D eigenvalue weighted by Crippen LogP contribution is -2.59. The smallest absolute Gasteiger partial charge is 0.408 e. The van der Waals surface area contributed by atoms with Crippen molar-refractivity contribution in [2.24, 2.45) is 0 Å². The summed E-state index contributed by atoms with van der Waals surface area (Å²) in [6.07, 6.45) is 1.97. The molecule has 1 aliphatic carbocycles. The Kier molecular flexibility index (Phi) is 12.5. The minimum Gasteiger partial charge on any atom is -0.458 e. The number of benzene rings is 3. The van der Waals surface area contributed by atoms with Gasteiger partial charge in [0, 0.05) is 18.9 Å². The van der Waals surface area contributed by atoms with Gasteiger partial charge in [0.15, 0.2) is 0 Å². The van der Waals surface area contributed by atoms with Gasteiger partial charge < -0.3 is 25.0 Å². The monoisotopic (exact) mass is 683 g/mol. The molecular weight excluding hydrogens is 630 g/mol. The predicted molar refractivity (Wildman–Crippen MR) is 194 cm³/mol. The van der Waals surface area contributed by atoms with Gasteiger partial charge in [0.25, 0.3) is 0 Å². The number of nitrogens with one attached hydrogen (secondary N) is 2. The number of hydrogen-bond donors (Lipinski definition) is 2. The average Bonchev–Trinajstić information content (AvgIpc) is 2.99. The van der Waals surface area contributed by atoms with Crippen molar-refractivity contribution >= 4 is 23.9 Å². The highest BCUT2D eigenvalue weighted by atomic mass is 16.6. The summed E-state index contributed by atoms with van der Waals surface area (Å²) < 4.78 is 11.4. The molecular formula is C41H53N3O6. The molecule has 3 atom stereocenters. The molecule has 9 heteroatoms. The zero-order valence-corrected chi connectivity index (χ0v) is 30.7. The molecule has 3 unspecified atom stereocenters. The molecule has 0 spiro atoms. The predicted octanol–water partition coefficient (Wildman–Crippen LogP) is 6.93. The molecule has 0 heterocycles. The lowest BCUT2D eigenvalue weighted by Gasteiger charge is -2.44. The highest BCUT2D eigenvalue weighted by Crippen LogP contribution is 2.35. The molecule has 3 aromatic rings. The second-order valence-electron chi connectivity index (χ2n) is 15.3. The van der Waals surface area contributed by atoms with E-state index in [0.717, 1.165) is 28.7 Å². The summed E-state index contributed by atoms with van der Waals surface area (Å²) in [6, 6.07) is 21.3. The fourth-order valence-corrected chi connectivity index (χ4v) is 6.08. The number of nitrogens with zero attached hydrogens (tertiary/aromatic N) is 1. The maximum Gasteiger partial charge on any atom is 0.408 e. The number of ether oxygens (including phenoxy) is 2. The molecule has 2 N–H and O–H groups in total. The minimum absolute atomic E-state index is 0.192. The molecule has 50 heavy (non-hydrogen) atoms. The van der Waals surface area contributed by atoms with Crippen LogP contribution in [-0.2, 0) is 36.7 Å². The zero-order valence-electron chi connectivity index (χ0n) is 30.7. The van der Waals surface area contributed by atoms with Gasteiger partial charge in [0.05, 0.1) is 0 Å². The second kappa shape index (κ2) is 16.4. The first-order valence-electron chi connectivity index (χ1n) is 17.5. The van der Waals surface area contributed by atoms with Crippen LogP contribution in [0.3, 0.4) is 0 Å². The van der Waals surface area contributed by atoms with Gasteiger partial charge >= 0.3 is 12.1 Å². The Labute approximate surface area is 297 Å². The lowest BCUT2D eigenvalue weighted by molar-refractivity contribution is -0.159. The molecule has 0 aliphatic heterocycles. The van der Waals surface area contributed by atoms with Crippen LogP contribution in [-0.4, -0.2) is 58.1 Å². The van der Waals surface area contributed by atoms with E-state index in [0.29, 0.717) is 18.4 Å². The van der Waals surface area contributed by atoms with Gasteiger partial charge in [-0.15, -0.1) is 0 Å². The summed E-state index contributed by atoms with van der Waals surface area (Å²) in [5.41, 5.74) is 2.62. The number of esters is 1. The van der Waals surface area contributed by atoms with Crippen molar-refractivity contribution in [2.45, 2.75) is 123 Å². The van der Waals surface area contributed by atoms with Crippen molar-refractivity contribution in [1.29, 1.82) is 0 Å². The largest absolute Gasteiger partial charge is 0.458 e. The van der Waals surface area contributed by atoms with Crippen LogP contribution in [0.5, 0.6) is 0 Å². The fraction of sp³-hybridized carbons (Fsp3) is 0.463. The van der Waals surface area contributed by atoms with Crippen LogP contribution in [0.4, 0.5) is 4.79 Å². The first-order chi connectivity index (χ1) is 23.5. The third-order valence-electron chi connectivity index (χ3n) is 8.53. The van der Waals surface area contributed by atoms with Crippen molar-refractivity contribution in [2.75, 3.05) is 0 Å². The summed E-state index contributed by atoms with van der Waals surface area (Å²) in [5.74, 6) is -1.47. The first-order valence-corrected chi connectivity index (χ1v) is 17.5. The van der Waals surface area contributed by atoms with Gasteiger partial charge in [-0.3, -0.25) is 9.59 Å². The standard InChI is InChI=1S/C41H53N3O6/c1-27-22-23-32(28(2)24-27)35(36(45)42-34(38(47)49-40(3,4)5)26-30-18-13-10-14-19-30)44(31-20-15-21-31)37(46)33(25-29-16-11-9-12-17-29)43-39(48)50-41(6,7)8/h9-14,16-19,22-24,31,33-35H,15,20-21,25-26H2,1-8H3,(H,42,45)(H,43,48). The summed E-state index contributed by atoms with van der Waals surface area (Å²) in [5, 5.41) is 5.84. The third-order valence-corrected chi connectivity index (χ3v) is 8.53. The first kappa shape index (κ1) is 38.1. The molecule has 1 aliphatic rings. The van der Waals surface area contributed by atoms with Crippen molar-refractivity contribution < 1.29 is 28.7 Å². The SMILES string of the molecule is Cc1ccc(C(C(=O)NC(Cc2ccccc2)C(=O)OC(C)(C)C)N(C(=O)C(Cc2ccccc2)NC(=O)OC(C)(C)C)C2CCC2)c(C)c1. The average molecular weight is 684 g/mol. The summed E-state index contributed by atoms with van der Waals surface area (Å²) in [4.78, 5) is 58.2. The molecule has 9 nitrogen and oxygen atoms in total. The van der Waals surface area contributed by atoms with Crippen molar-refractivity contribution in [3.63, 3.8) is 0 Å². The Morgan fingerprint density at radius 3 is 1.76 bits per heavy atom. The molecule has 0 radical (unpaired) electrons. The lowest BCUT2D eigenvalue weighted by atomic mass is 9.86. The van der Waals surface area contributed by atoms with E-state index in [2.05, 4.69) is 10.6 Å². The third kappa shape index (κ3) is 10.9. The van der Waals surface area contributed by atoms with Crippen LogP contribution in [0.2, 0.25) is 0 Å². The zero-order chi connectivity index (χ0) is 36.6. The summed E-state index contributed by atoms with van der Waals surface area (Å²) in [6.45, 7) is 14.5. The maximum absolute atomic E-state index is 15.0. The number of alkyl carbamates (subject to hydrolysis) is 1. The van der Waals surface area contributed by atoms with E-state index >= 15 is 0 Å². The van der Waals surface area contributed by atoms with E-state index in [1.165, 1.54) is 0 Å². The molecule has 3 aromatic carbocycles. The molecule has 268 valence electrons. The van der Waals surface area contributed by atoms with Crippen molar-refractivity contribution in [3.05, 3.63) is 107 Å². The van der Waals surface area contributed by atoms with E-state index in [-0.39, 0.29) is 18.9 Å². The van der Waals surface area contributed by atoms with E-state index in [9.17, 15) is 19.2 Å². The Bertz CT molecular complexity index is 1620. The number of aryl methyl sites for hydroxylation is 2. The van der Waals surface area contributed by atoms with Crippen LogP contribution in [0.15, 0.2) is 78.9 Å². The van der Waals surface area contributed by atoms with Crippen LogP contribution >= 0.6 is 0 Å². The molecule has 3 amide bonds. The number of carbonyl (C=O) groups is 4. The quantitative estimate of drug-likeness (QED) is 0.200. The molecule has 0 saturated heterocycles. The Balaban J connectivity index is 1.79. The van der Waals surface area contributed by atoms with E-state index in [1.807, 2.05) is 92.7 Å². The number of hydrogen-bond acceptors (Lipinski definition) is 6. The van der Waals surface area contributed by atoms with E-state index < -0.39 is 53.2 Å². The highest BCUT2D eigenvalue weighted by molar-refractivity contribution is 5.94. The van der Waals surface area contributed by atoms with Crippen molar-refractivity contribution in [1.82, 2.24) is 15.5 Å². The number of rotatable bonds is 12. The molecule has 0 aromatic heterocycles. The van der Waals surface area contributed by atoms with Gasteiger partial charge in [-0.05, 0) is 96.9 Å². The Hall–Kier alpha value is -4.66. The van der Waals surface area contributed by atoms with Gasteiger partial charge in [0.1, 0.15) is 29.3 Å². The van der Waals surface area contributed by atoms with E-state index in [1.54, 1.807) is 46.4 Å². The molecule has 1 fully saturated rings. The molecule has 0 bridgehead atoms. The van der Waals surface area contributed by atoms with Crippen LogP contribution in [0, 0.1) is 13.8 Å². The highest BCUT2D eigenvalue weighted by Gasteiger charge is 2.43. The molecule has 4 rings (SSSR count). The van der Waals surface area contributed by atoms with Crippen molar-refractivity contribution in [3.8, 4) is 0 Å². The van der Waals surface area contributed by atoms with E-state index in [4.69, 9.17) is 9.47 Å². The summed E-state index contributed by atoms with van der Waals surface area (Å²) >= 11 is 0. The van der Waals surface area contributed by atoms with Gasteiger partial charge in [-0.2, -0.15) is 0 Å². The van der Waals surface area contributed by atoms with Gasteiger partial charge in [-0.1, -0.05) is 84.4 Å². The van der Waals surface area contributed by atoms with Crippen LogP contribution in [0.25, 0.3) is 0 Å². The normalized spacial score (nSPS) is 15.1. The fourth-order valence-electron chi connectivity index (χ4n) is 6.08. The maximum atomic E-state index is 15.0. The number of amides is 3. The van der Waals surface area contributed by atoms with Gasteiger partial charge in [-0.25, -0.2) is 9.59 Å². The Morgan fingerprint density at radius 1 is 0.740 bits per heavy atom. The summed E-state index contributed by atoms with van der Waals surface area (Å²) in [7, 11) is 0. The van der Waals surface area contributed by atoms with Gasteiger partial charge in [0.2, 0.25) is 11.8 Å². The van der Waals surface area contributed by atoms with Crippen LogP contribution in [0.1, 0.15) is 94.7 Å². The Morgan fingerprint density at radius 2 is 1.28 bits per heavy atom. The minimum atomic E-state index is -1.09.